The lowest BCUT2D eigenvalue weighted by atomic mass is 10.0. The van der Waals surface area contributed by atoms with Gasteiger partial charge in [0.15, 0.2) is 0 Å². The quantitative estimate of drug-likeness (QED) is 0.316. The van der Waals surface area contributed by atoms with E-state index in [1.54, 1.807) is 18.2 Å². The summed E-state index contributed by atoms with van der Waals surface area (Å²) in [6.45, 7) is 3.92. The zero-order valence-electron chi connectivity index (χ0n) is 7.77. The van der Waals surface area contributed by atoms with E-state index in [4.69, 9.17) is 10.5 Å². The van der Waals surface area contributed by atoms with E-state index >= 15 is 0 Å². The molecule has 0 aromatic heterocycles. The second-order valence-corrected chi connectivity index (χ2v) is 3.34. The third-order valence-corrected chi connectivity index (χ3v) is 2.37. The highest BCUT2D eigenvalue weighted by Gasteiger charge is 2.19. The fourth-order valence-electron chi connectivity index (χ4n) is 1.56. The van der Waals surface area contributed by atoms with Gasteiger partial charge in [-0.05, 0) is 6.07 Å². The van der Waals surface area contributed by atoms with Gasteiger partial charge in [0, 0.05) is 30.2 Å². The second-order valence-electron chi connectivity index (χ2n) is 3.34. The summed E-state index contributed by atoms with van der Waals surface area (Å²) in [5.74, 6) is 0.773. The van der Waals surface area contributed by atoms with Crippen molar-refractivity contribution in [3.63, 3.8) is 0 Å². The van der Waals surface area contributed by atoms with Crippen LogP contribution in [-0.2, 0) is 0 Å². The number of ether oxygens (including phenoxy) is 1. The first-order chi connectivity index (χ1) is 6.68. The Morgan fingerprint density at radius 2 is 2.36 bits per heavy atom. The maximum Gasteiger partial charge on any atom is 0.216 e. The number of fused-ring (bicyclic) bond motifs is 1. The van der Waals surface area contributed by atoms with Crippen molar-refractivity contribution in [1.82, 2.24) is 0 Å². The number of hydrogen-bond acceptors (Lipinski definition) is 3. The van der Waals surface area contributed by atoms with E-state index in [9.17, 15) is 5.21 Å². The highest BCUT2D eigenvalue weighted by atomic mass is 16.5. The van der Waals surface area contributed by atoms with Gasteiger partial charge in [-0.25, -0.2) is 0 Å². The number of nitrogens with zero attached hydrogens (tertiary/aromatic N) is 1. The van der Waals surface area contributed by atoms with Crippen LogP contribution in [0.5, 0.6) is 5.75 Å². The van der Waals surface area contributed by atoms with Crippen LogP contribution in [0.3, 0.4) is 0 Å². The topological polar surface area (TPSA) is 61.3 Å². The van der Waals surface area contributed by atoms with Crippen molar-refractivity contribution in [2.24, 2.45) is 5.73 Å². The van der Waals surface area contributed by atoms with Gasteiger partial charge in [-0.1, -0.05) is 0 Å². The third kappa shape index (κ3) is 1.44. The molecule has 0 saturated heterocycles. The molecule has 0 amide bonds. The summed E-state index contributed by atoms with van der Waals surface area (Å²) in [5.41, 5.74) is 7.29. The van der Waals surface area contributed by atoms with Gasteiger partial charge in [0.2, 0.25) is 5.69 Å². The normalized spacial score (nSPS) is 19.6. The van der Waals surface area contributed by atoms with Gasteiger partial charge < -0.3 is 15.7 Å². The molecule has 1 heterocycles. The van der Waals surface area contributed by atoms with Gasteiger partial charge in [-0.2, -0.15) is 4.74 Å². The van der Waals surface area contributed by atoms with Gasteiger partial charge in [0.1, 0.15) is 12.5 Å². The van der Waals surface area contributed by atoms with Crippen LogP contribution in [0.1, 0.15) is 18.0 Å². The lowest BCUT2D eigenvalue weighted by molar-refractivity contribution is -0.350. The number of hydrogen-bond donors (Lipinski definition) is 1. The minimum atomic E-state index is -0.0429. The van der Waals surface area contributed by atoms with E-state index in [0.717, 1.165) is 17.7 Å². The maximum atomic E-state index is 11.0. The van der Waals surface area contributed by atoms with E-state index in [0.29, 0.717) is 17.0 Å². The summed E-state index contributed by atoms with van der Waals surface area (Å²) in [7, 11) is 0. The summed E-state index contributed by atoms with van der Waals surface area (Å²) in [6, 6.07) is 5.13. The molecule has 1 aromatic rings. The summed E-state index contributed by atoms with van der Waals surface area (Å²) >= 11 is 0. The Kier molecular flexibility index (Phi) is 2.13. The van der Waals surface area contributed by atoms with Crippen molar-refractivity contribution in [3.8, 4) is 5.75 Å². The molecule has 1 aromatic carbocycles. The van der Waals surface area contributed by atoms with Gasteiger partial charge >= 0.3 is 0 Å². The van der Waals surface area contributed by atoms with E-state index in [1.165, 1.54) is 0 Å². The summed E-state index contributed by atoms with van der Waals surface area (Å²) in [4.78, 5) is 0. The Labute approximate surface area is 82.2 Å². The van der Waals surface area contributed by atoms with Gasteiger partial charge in [0.05, 0.1) is 6.61 Å². The molecule has 2 N–H and O–H groups in total. The largest absolute Gasteiger partial charge is 0.619 e. The second kappa shape index (κ2) is 3.31. The molecule has 4 nitrogen and oxygen atoms in total. The van der Waals surface area contributed by atoms with Gasteiger partial charge in [0.25, 0.3) is 0 Å². The molecule has 0 aliphatic carbocycles. The molecule has 0 radical (unpaired) electrons. The van der Waals surface area contributed by atoms with Crippen LogP contribution in [0.15, 0.2) is 18.2 Å². The average Bonchev–Trinajstić information content (AvgIpc) is 2.18. The van der Waals surface area contributed by atoms with Crippen LogP contribution in [0, 0.1) is 5.21 Å². The molecular weight excluding hydrogens is 180 g/mol. The van der Waals surface area contributed by atoms with Crippen LogP contribution in [0.25, 0.3) is 0 Å². The molecule has 0 saturated carbocycles. The Balaban J connectivity index is 2.45. The average molecular weight is 192 g/mol. The molecule has 0 bridgehead atoms. The SMILES string of the molecule is C=[N+]([O-])c1ccc2c(c1)[C@H](N)CCO2. The van der Waals surface area contributed by atoms with Gasteiger partial charge in [-0.3, -0.25) is 0 Å². The molecule has 1 aliphatic rings. The molecule has 14 heavy (non-hydrogen) atoms. The van der Waals surface area contributed by atoms with E-state index in [-0.39, 0.29) is 6.04 Å². The first-order valence-corrected chi connectivity index (χ1v) is 4.48. The van der Waals surface area contributed by atoms with Gasteiger partial charge in [-0.15, -0.1) is 0 Å². The van der Waals surface area contributed by atoms with Crippen LogP contribution in [0.2, 0.25) is 0 Å². The lowest BCUT2D eigenvalue weighted by Gasteiger charge is -2.22. The summed E-state index contributed by atoms with van der Waals surface area (Å²) in [5, 5.41) is 11.0. The van der Waals surface area contributed by atoms with E-state index in [1.807, 2.05) is 0 Å². The first-order valence-electron chi connectivity index (χ1n) is 4.48. The Morgan fingerprint density at radius 3 is 3.07 bits per heavy atom. The Hall–Kier alpha value is -1.55. The van der Waals surface area contributed by atoms with Crippen molar-refractivity contribution in [1.29, 1.82) is 0 Å². The molecule has 0 spiro atoms. The van der Waals surface area contributed by atoms with Crippen molar-refractivity contribution in [2.45, 2.75) is 12.5 Å². The Bertz CT molecular complexity index is 376. The summed E-state index contributed by atoms with van der Waals surface area (Å²) in [6.07, 6.45) is 0.784. The standard InChI is InChI=1S/C10H12N2O2/c1-12(13)7-2-3-10-8(6-7)9(11)4-5-14-10/h2-3,6,9H,1,4-5,11H2/t9-/m1/s1. The zero-order chi connectivity index (χ0) is 10.1. The molecule has 0 fully saturated rings. The number of rotatable bonds is 1. The van der Waals surface area contributed by atoms with Crippen LogP contribution >= 0.6 is 0 Å². The molecule has 74 valence electrons. The monoisotopic (exact) mass is 192 g/mol. The fourth-order valence-corrected chi connectivity index (χ4v) is 1.56. The minimum absolute atomic E-state index is 0.0429. The number of nitrogens with two attached hydrogens (primary N) is 1. The molecule has 1 atom stereocenters. The maximum absolute atomic E-state index is 11.0. The molecule has 2 rings (SSSR count). The smallest absolute Gasteiger partial charge is 0.216 e. The van der Waals surface area contributed by atoms with Crippen LogP contribution in [0.4, 0.5) is 5.69 Å². The lowest BCUT2D eigenvalue weighted by Crippen LogP contribution is -2.20. The number of benzene rings is 1. The van der Waals surface area contributed by atoms with Crippen molar-refractivity contribution < 1.29 is 9.48 Å². The first kappa shape index (κ1) is 9.02. The fraction of sp³-hybridized carbons (Fsp3) is 0.300. The minimum Gasteiger partial charge on any atom is -0.619 e. The van der Waals surface area contributed by atoms with E-state index in [2.05, 4.69) is 6.72 Å². The molecular formula is C10H12N2O2. The predicted molar refractivity (Wildman–Crippen MR) is 53.9 cm³/mol. The van der Waals surface area contributed by atoms with Crippen molar-refractivity contribution >= 4 is 12.4 Å². The predicted octanol–water partition coefficient (Wildman–Crippen LogP) is 1.31. The highest BCUT2D eigenvalue weighted by molar-refractivity contribution is 5.47. The molecule has 0 unspecified atom stereocenters. The van der Waals surface area contributed by atoms with Crippen LogP contribution < -0.4 is 10.5 Å². The Morgan fingerprint density at radius 1 is 1.57 bits per heavy atom. The van der Waals surface area contributed by atoms with Crippen LogP contribution in [-0.4, -0.2) is 18.1 Å². The highest BCUT2D eigenvalue weighted by Crippen LogP contribution is 2.32. The van der Waals surface area contributed by atoms with Crippen molar-refractivity contribution in [3.05, 3.63) is 29.0 Å². The van der Waals surface area contributed by atoms with Crippen molar-refractivity contribution in [2.75, 3.05) is 6.61 Å². The molecule has 1 aliphatic heterocycles. The third-order valence-electron chi connectivity index (χ3n) is 2.37. The molecule has 4 heteroatoms. The zero-order valence-corrected chi connectivity index (χ0v) is 7.77. The van der Waals surface area contributed by atoms with E-state index < -0.39 is 0 Å². The summed E-state index contributed by atoms with van der Waals surface area (Å²) < 4.78 is 5.98.